The number of nitrogens with zero attached hydrogens (tertiary/aromatic N) is 2. The Labute approximate surface area is 122 Å². The minimum Gasteiger partial charge on any atom is -0.360 e. The van der Waals surface area contributed by atoms with Crippen LogP contribution in [-0.2, 0) is 13.1 Å². The summed E-state index contributed by atoms with van der Waals surface area (Å²) in [6.45, 7) is 7.11. The van der Waals surface area contributed by atoms with Gasteiger partial charge in [-0.1, -0.05) is 38.3 Å². The maximum Gasteiger partial charge on any atom is 0.151 e. The second-order valence-electron chi connectivity index (χ2n) is 6.52. The van der Waals surface area contributed by atoms with E-state index in [1.165, 1.54) is 32.1 Å². The van der Waals surface area contributed by atoms with E-state index in [1.807, 2.05) is 0 Å². The molecule has 0 radical (unpaired) electrons. The highest BCUT2D eigenvalue weighted by Crippen LogP contribution is 2.22. The molecule has 0 amide bonds. The minimum absolute atomic E-state index is 0.666. The van der Waals surface area contributed by atoms with E-state index in [4.69, 9.17) is 4.52 Å². The Morgan fingerprint density at radius 2 is 2.10 bits per heavy atom. The van der Waals surface area contributed by atoms with Crippen molar-refractivity contribution >= 4 is 0 Å². The molecule has 1 aromatic rings. The van der Waals surface area contributed by atoms with Crippen molar-refractivity contribution in [2.75, 3.05) is 13.6 Å². The van der Waals surface area contributed by atoms with Crippen LogP contribution >= 0.6 is 0 Å². The van der Waals surface area contributed by atoms with Gasteiger partial charge in [-0.2, -0.15) is 0 Å². The molecule has 1 saturated carbocycles. The third-order valence-electron chi connectivity index (χ3n) is 4.07. The van der Waals surface area contributed by atoms with E-state index in [9.17, 15) is 0 Å². The van der Waals surface area contributed by atoms with Crippen molar-refractivity contribution in [3.8, 4) is 0 Å². The fraction of sp³-hybridized carbons (Fsp3) is 0.812. The molecule has 0 saturated heterocycles. The zero-order valence-electron chi connectivity index (χ0n) is 13.2. The topological polar surface area (TPSA) is 41.3 Å². The first-order valence-electron chi connectivity index (χ1n) is 8.00. The van der Waals surface area contributed by atoms with Gasteiger partial charge in [0.1, 0.15) is 0 Å². The van der Waals surface area contributed by atoms with Crippen molar-refractivity contribution in [2.45, 2.75) is 65.1 Å². The molecule has 4 heteroatoms. The highest BCUT2D eigenvalue weighted by Gasteiger charge is 2.19. The number of hydrogen-bond acceptors (Lipinski definition) is 4. The van der Waals surface area contributed by atoms with Crippen LogP contribution in [0.15, 0.2) is 10.6 Å². The molecule has 1 fully saturated rings. The Hall–Kier alpha value is -0.870. The predicted molar refractivity (Wildman–Crippen MR) is 81.4 cm³/mol. The third kappa shape index (κ3) is 4.91. The van der Waals surface area contributed by atoms with Gasteiger partial charge in [0.15, 0.2) is 5.76 Å². The second-order valence-corrected chi connectivity index (χ2v) is 6.52. The van der Waals surface area contributed by atoms with Gasteiger partial charge in [0.05, 0.1) is 12.2 Å². The molecule has 1 aromatic heterocycles. The minimum atomic E-state index is 0.666. The molecule has 20 heavy (non-hydrogen) atoms. The molecule has 2 rings (SSSR count). The van der Waals surface area contributed by atoms with Crippen LogP contribution in [0, 0.1) is 5.92 Å². The van der Waals surface area contributed by atoms with Crippen LogP contribution in [-0.4, -0.2) is 29.7 Å². The van der Waals surface area contributed by atoms with Crippen molar-refractivity contribution in [3.05, 3.63) is 17.5 Å². The van der Waals surface area contributed by atoms with Gasteiger partial charge in [0, 0.05) is 18.7 Å². The van der Waals surface area contributed by atoms with Gasteiger partial charge in [0.25, 0.3) is 0 Å². The molecule has 114 valence electrons. The van der Waals surface area contributed by atoms with Crippen molar-refractivity contribution in [2.24, 2.45) is 5.92 Å². The first-order chi connectivity index (χ1) is 9.65. The molecule has 0 atom stereocenters. The molecule has 1 heterocycles. The van der Waals surface area contributed by atoms with E-state index in [1.54, 1.807) is 0 Å². The Morgan fingerprint density at radius 1 is 1.35 bits per heavy atom. The third-order valence-corrected chi connectivity index (χ3v) is 4.07. The van der Waals surface area contributed by atoms with Crippen molar-refractivity contribution in [3.63, 3.8) is 0 Å². The maximum absolute atomic E-state index is 5.45. The highest BCUT2D eigenvalue weighted by atomic mass is 16.5. The maximum atomic E-state index is 5.45. The summed E-state index contributed by atoms with van der Waals surface area (Å²) in [5.41, 5.74) is 1.01. The molecular weight excluding hydrogens is 250 g/mol. The zero-order valence-corrected chi connectivity index (χ0v) is 13.2. The normalized spacial score (nSPS) is 17.2. The smallest absolute Gasteiger partial charge is 0.151 e. The summed E-state index contributed by atoms with van der Waals surface area (Å²) in [4.78, 5) is 2.42. The first-order valence-corrected chi connectivity index (χ1v) is 8.00. The van der Waals surface area contributed by atoms with Crippen LogP contribution in [0.3, 0.4) is 0 Å². The lowest BCUT2D eigenvalue weighted by atomic mass is 9.94. The zero-order chi connectivity index (χ0) is 14.4. The van der Waals surface area contributed by atoms with E-state index < -0.39 is 0 Å². The van der Waals surface area contributed by atoms with E-state index in [2.05, 4.69) is 42.3 Å². The molecule has 0 aromatic carbocycles. The van der Waals surface area contributed by atoms with E-state index in [0.29, 0.717) is 5.92 Å². The van der Waals surface area contributed by atoms with Crippen molar-refractivity contribution in [1.29, 1.82) is 0 Å². The first kappa shape index (κ1) is 15.5. The summed E-state index contributed by atoms with van der Waals surface area (Å²) in [5.74, 6) is 1.65. The standard InChI is InChI=1S/C16H29N3O/c1-13(2)10-17-11-14-9-16(20-18-14)12-19(3)15-7-5-4-6-8-15/h9,13,15,17H,4-8,10-12H2,1-3H3. The monoisotopic (exact) mass is 279 g/mol. The summed E-state index contributed by atoms with van der Waals surface area (Å²) in [5, 5.41) is 7.54. The molecule has 1 aliphatic carbocycles. The molecule has 0 bridgehead atoms. The van der Waals surface area contributed by atoms with Crippen LogP contribution in [0.1, 0.15) is 57.4 Å². The average molecular weight is 279 g/mol. The summed E-state index contributed by atoms with van der Waals surface area (Å²) < 4.78 is 5.45. The Balaban J connectivity index is 1.76. The van der Waals surface area contributed by atoms with Gasteiger partial charge in [-0.15, -0.1) is 0 Å². The van der Waals surface area contributed by atoms with Gasteiger partial charge >= 0.3 is 0 Å². The summed E-state index contributed by atoms with van der Waals surface area (Å²) in [6.07, 6.45) is 6.80. The van der Waals surface area contributed by atoms with E-state index >= 15 is 0 Å². The summed E-state index contributed by atoms with van der Waals surface area (Å²) in [7, 11) is 2.20. The summed E-state index contributed by atoms with van der Waals surface area (Å²) in [6, 6.07) is 2.81. The number of hydrogen-bond donors (Lipinski definition) is 1. The SMILES string of the molecule is CC(C)CNCc1cc(CN(C)C2CCCCC2)on1. The average Bonchev–Trinajstić information content (AvgIpc) is 2.87. The van der Waals surface area contributed by atoms with Gasteiger partial charge in [-0.3, -0.25) is 4.90 Å². The number of nitrogens with one attached hydrogen (secondary N) is 1. The van der Waals surface area contributed by atoms with Crippen molar-refractivity contribution in [1.82, 2.24) is 15.4 Å². The Morgan fingerprint density at radius 3 is 2.80 bits per heavy atom. The molecule has 4 nitrogen and oxygen atoms in total. The Kier molecular flexibility index (Phi) is 6.05. The number of aromatic nitrogens is 1. The number of rotatable bonds is 7. The van der Waals surface area contributed by atoms with Crippen LogP contribution in [0.5, 0.6) is 0 Å². The quantitative estimate of drug-likeness (QED) is 0.832. The van der Waals surface area contributed by atoms with Gasteiger partial charge in [-0.25, -0.2) is 0 Å². The van der Waals surface area contributed by atoms with Crippen LogP contribution in [0.25, 0.3) is 0 Å². The fourth-order valence-electron chi connectivity index (χ4n) is 2.90. The van der Waals surface area contributed by atoms with Gasteiger partial charge < -0.3 is 9.84 Å². The molecule has 0 unspecified atom stereocenters. The Bertz CT molecular complexity index is 383. The molecular formula is C16H29N3O. The predicted octanol–water partition coefficient (Wildman–Crippen LogP) is 3.18. The van der Waals surface area contributed by atoms with Crippen LogP contribution in [0.4, 0.5) is 0 Å². The molecule has 1 aliphatic rings. The van der Waals surface area contributed by atoms with E-state index in [-0.39, 0.29) is 0 Å². The van der Waals surface area contributed by atoms with Crippen LogP contribution < -0.4 is 5.32 Å². The van der Waals surface area contributed by atoms with E-state index in [0.717, 1.165) is 37.1 Å². The highest BCUT2D eigenvalue weighted by molar-refractivity contribution is 5.05. The lowest BCUT2D eigenvalue weighted by Crippen LogP contribution is -2.32. The van der Waals surface area contributed by atoms with Gasteiger partial charge in [-0.05, 0) is 32.4 Å². The lowest BCUT2D eigenvalue weighted by molar-refractivity contribution is 0.167. The van der Waals surface area contributed by atoms with Gasteiger partial charge in [0.2, 0.25) is 0 Å². The fourth-order valence-corrected chi connectivity index (χ4v) is 2.90. The second kappa shape index (κ2) is 7.79. The molecule has 1 N–H and O–H groups in total. The molecule has 0 spiro atoms. The molecule has 0 aliphatic heterocycles. The largest absolute Gasteiger partial charge is 0.360 e. The lowest BCUT2D eigenvalue weighted by Gasteiger charge is -2.30. The van der Waals surface area contributed by atoms with Crippen LogP contribution in [0.2, 0.25) is 0 Å². The summed E-state index contributed by atoms with van der Waals surface area (Å²) >= 11 is 0. The van der Waals surface area contributed by atoms with Crippen molar-refractivity contribution < 1.29 is 4.52 Å².